The summed E-state index contributed by atoms with van der Waals surface area (Å²) in [6.45, 7) is 8.14. The second-order valence-corrected chi connectivity index (χ2v) is 6.06. The molecule has 0 heterocycles. The Morgan fingerprint density at radius 1 is 1.35 bits per heavy atom. The minimum absolute atomic E-state index is 0.186. The number of nitrogens with one attached hydrogen (secondary N) is 1. The molecule has 1 rings (SSSR count). The molecule has 3 heteroatoms. The van der Waals surface area contributed by atoms with E-state index in [1.54, 1.807) is 13.0 Å². The molecule has 0 aromatic heterocycles. The van der Waals surface area contributed by atoms with E-state index >= 15 is 0 Å². The maximum Gasteiger partial charge on any atom is 0.244 e. The fraction of sp³-hybridized carbons (Fsp3) is 0.471. The van der Waals surface area contributed by atoms with Crippen LogP contribution in [0.1, 0.15) is 38.3 Å². The molecule has 0 aliphatic carbocycles. The van der Waals surface area contributed by atoms with Gasteiger partial charge in [0.25, 0.3) is 0 Å². The molecule has 0 fully saturated rings. The largest absolute Gasteiger partial charge is 0.388 e. The number of carbonyl (C=O) groups excluding carboxylic acids is 1. The van der Waals surface area contributed by atoms with E-state index in [-0.39, 0.29) is 12.5 Å². The minimum Gasteiger partial charge on any atom is -0.388 e. The van der Waals surface area contributed by atoms with Gasteiger partial charge in [-0.05, 0) is 37.8 Å². The molecular weight excluding hydrogens is 250 g/mol. The summed E-state index contributed by atoms with van der Waals surface area (Å²) in [5.74, 6) is 0.208. The summed E-state index contributed by atoms with van der Waals surface area (Å²) in [6, 6.07) is 7.94. The van der Waals surface area contributed by atoms with Crippen molar-refractivity contribution in [2.24, 2.45) is 5.92 Å². The Labute approximate surface area is 121 Å². The third kappa shape index (κ3) is 6.53. The molecule has 0 aliphatic heterocycles. The first-order valence-electron chi connectivity index (χ1n) is 7.03. The molecule has 1 unspecified atom stereocenters. The van der Waals surface area contributed by atoms with Crippen LogP contribution in [0.5, 0.6) is 0 Å². The molecule has 2 N–H and O–H groups in total. The van der Waals surface area contributed by atoms with Gasteiger partial charge in [-0.3, -0.25) is 4.79 Å². The maximum absolute atomic E-state index is 11.7. The van der Waals surface area contributed by atoms with E-state index in [1.165, 1.54) is 11.6 Å². The topological polar surface area (TPSA) is 49.3 Å². The van der Waals surface area contributed by atoms with E-state index in [0.29, 0.717) is 12.3 Å². The molecule has 3 nitrogen and oxygen atoms in total. The van der Waals surface area contributed by atoms with E-state index in [9.17, 15) is 9.90 Å². The molecule has 1 aromatic rings. The number of hydrogen-bond donors (Lipinski definition) is 2. The molecule has 1 aromatic carbocycles. The summed E-state index contributed by atoms with van der Waals surface area (Å²) in [5.41, 5.74) is 1.32. The van der Waals surface area contributed by atoms with Gasteiger partial charge in [0.2, 0.25) is 5.91 Å². The summed E-state index contributed by atoms with van der Waals surface area (Å²) in [7, 11) is 0. The Morgan fingerprint density at radius 2 is 1.95 bits per heavy atom. The first-order valence-corrected chi connectivity index (χ1v) is 7.03. The summed E-state index contributed by atoms with van der Waals surface area (Å²) >= 11 is 0. The smallest absolute Gasteiger partial charge is 0.244 e. The zero-order valence-corrected chi connectivity index (χ0v) is 12.8. The van der Waals surface area contributed by atoms with Crippen LogP contribution < -0.4 is 5.32 Å². The summed E-state index contributed by atoms with van der Waals surface area (Å²) in [4.78, 5) is 11.7. The number of amides is 1. The highest BCUT2D eigenvalue weighted by Crippen LogP contribution is 2.15. The van der Waals surface area contributed by atoms with E-state index < -0.39 is 5.60 Å². The third-order valence-corrected chi connectivity index (χ3v) is 3.00. The van der Waals surface area contributed by atoms with Crippen molar-refractivity contribution in [2.45, 2.75) is 39.7 Å². The number of hydrogen-bond acceptors (Lipinski definition) is 2. The molecule has 110 valence electrons. The Balaban J connectivity index is 2.45. The molecule has 1 amide bonds. The average Bonchev–Trinajstić information content (AvgIpc) is 2.34. The molecule has 0 spiro atoms. The van der Waals surface area contributed by atoms with Gasteiger partial charge in [-0.15, -0.1) is 0 Å². The van der Waals surface area contributed by atoms with Gasteiger partial charge in [-0.2, -0.15) is 0 Å². The van der Waals surface area contributed by atoms with Gasteiger partial charge < -0.3 is 10.4 Å². The lowest BCUT2D eigenvalue weighted by Gasteiger charge is -2.25. The molecule has 0 aliphatic rings. The maximum atomic E-state index is 11.7. The lowest BCUT2D eigenvalue weighted by molar-refractivity contribution is -0.117. The van der Waals surface area contributed by atoms with Gasteiger partial charge in [0.05, 0.1) is 5.60 Å². The van der Waals surface area contributed by atoms with Gasteiger partial charge in [0.15, 0.2) is 0 Å². The lowest BCUT2D eigenvalue weighted by Crippen LogP contribution is -2.40. The van der Waals surface area contributed by atoms with Crippen LogP contribution in [0.25, 0.3) is 6.08 Å². The van der Waals surface area contributed by atoms with Crippen LogP contribution in [-0.2, 0) is 4.79 Å². The normalized spacial score (nSPS) is 14.5. The SMILES string of the molecule is Cc1ccc(C=CC(=O)NCC(C)(O)CC(C)C)cc1. The van der Waals surface area contributed by atoms with Crippen LogP contribution in [0.2, 0.25) is 0 Å². The summed E-state index contributed by atoms with van der Waals surface area (Å²) < 4.78 is 0. The van der Waals surface area contributed by atoms with Gasteiger partial charge in [-0.1, -0.05) is 43.7 Å². The minimum atomic E-state index is -0.860. The van der Waals surface area contributed by atoms with Crippen molar-refractivity contribution in [1.82, 2.24) is 5.32 Å². The molecule has 0 bridgehead atoms. The molecule has 0 saturated heterocycles. The van der Waals surface area contributed by atoms with Crippen LogP contribution in [0.4, 0.5) is 0 Å². The average molecular weight is 275 g/mol. The Bertz CT molecular complexity index is 458. The molecular formula is C17H25NO2. The first-order chi connectivity index (χ1) is 9.28. The second kappa shape index (κ2) is 7.25. The van der Waals surface area contributed by atoms with E-state index in [2.05, 4.69) is 5.32 Å². The molecule has 20 heavy (non-hydrogen) atoms. The predicted octanol–water partition coefficient (Wildman–Crippen LogP) is 2.92. The van der Waals surface area contributed by atoms with Gasteiger partial charge >= 0.3 is 0 Å². The van der Waals surface area contributed by atoms with Crippen molar-refractivity contribution in [3.05, 3.63) is 41.5 Å². The molecule has 1 atom stereocenters. The van der Waals surface area contributed by atoms with Crippen LogP contribution in [0.15, 0.2) is 30.3 Å². The highest BCUT2D eigenvalue weighted by atomic mass is 16.3. The quantitative estimate of drug-likeness (QED) is 0.784. The standard InChI is InChI=1S/C17H25NO2/c1-13(2)11-17(4,20)12-18-16(19)10-9-15-7-5-14(3)6-8-15/h5-10,13,20H,11-12H2,1-4H3,(H,18,19). The van der Waals surface area contributed by atoms with Crippen molar-refractivity contribution in [3.8, 4) is 0 Å². The number of rotatable bonds is 6. The number of aliphatic hydroxyl groups is 1. The highest BCUT2D eigenvalue weighted by molar-refractivity contribution is 5.91. The van der Waals surface area contributed by atoms with Crippen LogP contribution >= 0.6 is 0 Å². The Morgan fingerprint density at radius 3 is 2.50 bits per heavy atom. The first kappa shape index (κ1) is 16.4. The highest BCUT2D eigenvalue weighted by Gasteiger charge is 2.21. The number of benzene rings is 1. The predicted molar refractivity (Wildman–Crippen MR) is 83.3 cm³/mol. The summed E-state index contributed by atoms with van der Waals surface area (Å²) in [5, 5.41) is 12.8. The lowest BCUT2D eigenvalue weighted by atomic mass is 9.94. The van der Waals surface area contributed by atoms with Crippen molar-refractivity contribution in [1.29, 1.82) is 0 Å². The number of carbonyl (C=O) groups is 1. The van der Waals surface area contributed by atoms with Crippen LogP contribution in [0.3, 0.4) is 0 Å². The zero-order chi connectivity index (χ0) is 15.2. The Hall–Kier alpha value is -1.61. The second-order valence-electron chi connectivity index (χ2n) is 6.06. The summed E-state index contributed by atoms with van der Waals surface area (Å²) in [6.07, 6.45) is 3.93. The molecule has 0 radical (unpaired) electrons. The monoisotopic (exact) mass is 275 g/mol. The van der Waals surface area contributed by atoms with Crippen molar-refractivity contribution in [3.63, 3.8) is 0 Å². The fourth-order valence-electron chi connectivity index (χ4n) is 2.14. The van der Waals surface area contributed by atoms with Gasteiger partial charge in [0.1, 0.15) is 0 Å². The van der Waals surface area contributed by atoms with Crippen molar-refractivity contribution < 1.29 is 9.90 Å². The number of aryl methyl sites for hydroxylation is 1. The van der Waals surface area contributed by atoms with E-state index in [4.69, 9.17) is 0 Å². The van der Waals surface area contributed by atoms with Crippen LogP contribution in [-0.4, -0.2) is 23.2 Å². The van der Waals surface area contributed by atoms with E-state index in [0.717, 1.165) is 5.56 Å². The van der Waals surface area contributed by atoms with Crippen molar-refractivity contribution in [2.75, 3.05) is 6.54 Å². The van der Waals surface area contributed by atoms with E-state index in [1.807, 2.05) is 45.0 Å². The van der Waals surface area contributed by atoms with Crippen molar-refractivity contribution >= 4 is 12.0 Å². The molecule has 0 saturated carbocycles. The van der Waals surface area contributed by atoms with Crippen LogP contribution in [0, 0.1) is 12.8 Å². The fourth-order valence-corrected chi connectivity index (χ4v) is 2.14. The van der Waals surface area contributed by atoms with Gasteiger partial charge in [0, 0.05) is 12.6 Å². The third-order valence-electron chi connectivity index (χ3n) is 3.00. The Kier molecular flexibility index (Phi) is 5.96. The zero-order valence-electron chi connectivity index (χ0n) is 12.8. The van der Waals surface area contributed by atoms with Gasteiger partial charge in [-0.25, -0.2) is 0 Å².